The van der Waals surface area contributed by atoms with Crippen LogP contribution in [0.25, 0.3) is 10.6 Å². The number of nitrogens with one attached hydrogen (secondary N) is 1. The topological polar surface area (TPSA) is 68.0 Å². The summed E-state index contributed by atoms with van der Waals surface area (Å²) in [7, 11) is 0. The molecule has 6 heteroatoms. The molecule has 4 nitrogen and oxygen atoms in total. The van der Waals surface area contributed by atoms with Gasteiger partial charge in [-0.05, 0) is 30.9 Å². The number of benzene rings is 1. The molecule has 0 aliphatic heterocycles. The van der Waals surface area contributed by atoms with Crippen LogP contribution in [-0.2, 0) is 0 Å². The predicted octanol–water partition coefficient (Wildman–Crippen LogP) is 2.93. The maximum absolute atomic E-state index is 12.2. The average Bonchev–Trinajstić information content (AvgIpc) is 3.21. The molecule has 1 unspecified atom stereocenters. The van der Waals surface area contributed by atoms with Crippen LogP contribution < -0.4 is 11.1 Å². The van der Waals surface area contributed by atoms with Gasteiger partial charge in [0.15, 0.2) is 0 Å². The molecule has 1 aromatic heterocycles. The molecular weight excluding hydrogens is 306 g/mol. The first-order chi connectivity index (χ1) is 10.2. The van der Waals surface area contributed by atoms with Crippen molar-refractivity contribution < 1.29 is 4.79 Å². The predicted molar refractivity (Wildman–Crippen MR) is 85.6 cm³/mol. The third-order valence-electron chi connectivity index (χ3n) is 3.59. The fourth-order valence-electron chi connectivity index (χ4n) is 2.21. The SMILES string of the molecule is NCC(NC(=O)c1csc(-c2ccc(Cl)cc2)n1)C1CC1. The van der Waals surface area contributed by atoms with Gasteiger partial charge in [0.2, 0.25) is 0 Å². The highest BCUT2D eigenvalue weighted by atomic mass is 35.5. The molecule has 0 bridgehead atoms. The van der Waals surface area contributed by atoms with Crippen molar-refractivity contribution in [2.75, 3.05) is 6.54 Å². The minimum absolute atomic E-state index is 0.0678. The first kappa shape index (κ1) is 14.5. The number of thiazole rings is 1. The number of hydrogen-bond donors (Lipinski definition) is 2. The van der Waals surface area contributed by atoms with Crippen molar-refractivity contribution in [2.45, 2.75) is 18.9 Å². The highest BCUT2D eigenvalue weighted by Crippen LogP contribution is 2.32. The zero-order valence-electron chi connectivity index (χ0n) is 11.4. The lowest BCUT2D eigenvalue weighted by Gasteiger charge is -2.14. The molecule has 1 amide bonds. The Labute approximate surface area is 132 Å². The second kappa shape index (κ2) is 6.13. The van der Waals surface area contributed by atoms with E-state index < -0.39 is 0 Å². The van der Waals surface area contributed by atoms with E-state index in [1.807, 2.05) is 24.3 Å². The van der Waals surface area contributed by atoms with Crippen molar-refractivity contribution in [3.8, 4) is 10.6 Å². The monoisotopic (exact) mass is 321 g/mol. The number of halogens is 1. The quantitative estimate of drug-likeness (QED) is 0.889. The van der Waals surface area contributed by atoms with E-state index in [0.717, 1.165) is 23.4 Å². The Morgan fingerprint density at radius 2 is 2.14 bits per heavy atom. The third kappa shape index (κ3) is 3.43. The first-order valence-electron chi connectivity index (χ1n) is 6.90. The van der Waals surface area contributed by atoms with Crippen molar-refractivity contribution in [3.63, 3.8) is 0 Å². The molecule has 1 atom stereocenters. The second-order valence-corrected chi connectivity index (χ2v) is 6.49. The minimum Gasteiger partial charge on any atom is -0.346 e. The second-order valence-electron chi connectivity index (χ2n) is 5.20. The molecule has 1 heterocycles. The summed E-state index contributed by atoms with van der Waals surface area (Å²) in [5.41, 5.74) is 7.11. The van der Waals surface area contributed by atoms with E-state index in [0.29, 0.717) is 23.2 Å². The highest BCUT2D eigenvalue weighted by Gasteiger charge is 2.31. The Kier molecular flexibility index (Phi) is 4.24. The fraction of sp³-hybridized carbons (Fsp3) is 0.333. The van der Waals surface area contributed by atoms with E-state index in [-0.39, 0.29) is 11.9 Å². The first-order valence-corrected chi connectivity index (χ1v) is 8.15. The molecule has 1 saturated carbocycles. The van der Waals surface area contributed by atoms with Crippen LogP contribution >= 0.6 is 22.9 Å². The molecule has 1 aliphatic carbocycles. The van der Waals surface area contributed by atoms with Crippen molar-refractivity contribution in [1.29, 1.82) is 0 Å². The summed E-state index contributed by atoms with van der Waals surface area (Å²) < 4.78 is 0. The highest BCUT2D eigenvalue weighted by molar-refractivity contribution is 7.13. The molecule has 0 spiro atoms. The van der Waals surface area contributed by atoms with Crippen LogP contribution in [0.15, 0.2) is 29.6 Å². The Morgan fingerprint density at radius 1 is 1.43 bits per heavy atom. The van der Waals surface area contributed by atoms with E-state index in [1.165, 1.54) is 11.3 Å². The van der Waals surface area contributed by atoms with Crippen LogP contribution in [0.3, 0.4) is 0 Å². The normalized spacial score (nSPS) is 15.7. The molecule has 1 fully saturated rings. The van der Waals surface area contributed by atoms with Gasteiger partial charge in [0.1, 0.15) is 10.7 Å². The third-order valence-corrected chi connectivity index (χ3v) is 4.73. The summed E-state index contributed by atoms with van der Waals surface area (Å²) in [6.07, 6.45) is 2.30. The Balaban J connectivity index is 1.71. The maximum Gasteiger partial charge on any atom is 0.271 e. The van der Waals surface area contributed by atoms with Crippen LogP contribution in [-0.4, -0.2) is 23.5 Å². The van der Waals surface area contributed by atoms with E-state index in [4.69, 9.17) is 17.3 Å². The standard InChI is InChI=1S/C15H16ClN3OS/c16-11-5-3-10(4-6-11)15-19-13(8-21-15)14(20)18-12(7-17)9-1-2-9/h3-6,8-9,12H,1-2,7,17H2,(H,18,20). The maximum atomic E-state index is 12.2. The molecule has 1 aromatic carbocycles. The van der Waals surface area contributed by atoms with Crippen LogP contribution in [0.1, 0.15) is 23.3 Å². The number of amides is 1. The smallest absolute Gasteiger partial charge is 0.271 e. The summed E-state index contributed by atoms with van der Waals surface area (Å²) in [5, 5.41) is 6.25. The van der Waals surface area contributed by atoms with Gasteiger partial charge in [0.25, 0.3) is 5.91 Å². The van der Waals surface area contributed by atoms with Crippen molar-refractivity contribution in [3.05, 3.63) is 40.4 Å². The van der Waals surface area contributed by atoms with Gasteiger partial charge in [-0.25, -0.2) is 4.98 Å². The van der Waals surface area contributed by atoms with Gasteiger partial charge in [0.05, 0.1) is 0 Å². The number of carbonyl (C=O) groups excluding carboxylic acids is 1. The number of rotatable bonds is 5. The molecule has 3 N–H and O–H groups in total. The number of nitrogens with two attached hydrogens (primary N) is 1. The van der Waals surface area contributed by atoms with Gasteiger partial charge in [-0.3, -0.25) is 4.79 Å². The van der Waals surface area contributed by atoms with Crippen LogP contribution in [0.2, 0.25) is 5.02 Å². The molecule has 110 valence electrons. The molecular formula is C15H16ClN3OS. The Bertz CT molecular complexity index is 637. The van der Waals surface area contributed by atoms with Crippen LogP contribution in [0.5, 0.6) is 0 Å². The van der Waals surface area contributed by atoms with Crippen LogP contribution in [0.4, 0.5) is 0 Å². The van der Waals surface area contributed by atoms with E-state index >= 15 is 0 Å². The number of nitrogens with zero attached hydrogens (tertiary/aromatic N) is 1. The zero-order valence-corrected chi connectivity index (χ0v) is 13.0. The Morgan fingerprint density at radius 3 is 2.76 bits per heavy atom. The van der Waals surface area contributed by atoms with Gasteiger partial charge >= 0.3 is 0 Å². The van der Waals surface area contributed by atoms with Crippen molar-refractivity contribution in [2.24, 2.45) is 11.7 Å². The molecule has 0 radical (unpaired) electrons. The summed E-state index contributed by atoms with van der Waals surface area (Å²) in [4.78, 5) is 16.6. The summed E-state index contributed by atoms with van der Waals surface area (Å²) in [6.45, 7) is 0.477. The minimum atomic E-state index is -0.145. The lowest BCUT2D eigenvalue weighted by atomic mass is 10.2. The Hall–Kier alpha value is -1.43. The van der Waals surface area contributed by atoms with Gasteiger partial charge in [-0.2, -0.15) is 0 Å². The van der Waals surface area contributed by atoms with Gasteiger partial charge in [-0.15, -0.1) is 11.3 Å². The summed E-state index contributed by atoms with van der Waals surface area (Å²) >= 11 is 7.32. The molecule has 21 heavy (non-hydrogen) atoms. The van der Waals surface area contributed by atoms with Gasteiger partial charge < -0.3 is 11.1 Å². The summed E-state index contributed by atoms with van der Waals surface area (Å²) in [5.74, 6) is 0.391. The van der Waals surface area contributed by atoms with Crippen molar-refractivity contribution in [1.82, 2.24) is 10.3 Å². The van der Waals surface area contributed by atoms with Crippen LogP contribution in [0, 0.1) is 5.92 Å². The van der Waals surface area contributed by atoms with Crippen molar-refractivity contribution >= 4 is 28.8 Å². The molecule has 2 aromatic rings. The van der Waals surface area contributed by atoms with Gasteiger partial charge in [0, 0.05) is 28.6 Å². The average molecular weight is 322 g/mol. The molecule has 1 aliphatic rings. The zero-order chi connectivity index (χ0) is 14.8. The largest absolute Gasteiger partial charge is 0.346 e. The number of aromatic nitrogens is 1. The van der Waals surface area contributed by atoms with E-state index in [1.54, 1.807) is 5.38 Å². The fourth-order valence-corrected chi connectivity index (χ4v) is 3.15. The summed E-state index contributed by atoms with van der Waals surface area (Å²) in [6, 6.07) is 7.49. The van der Waals surface area contributed by atoms with E-state index in [2.05, 4.69) is 10.3 Å². The number of carbonyl (C=O) groups is 1. The van der Waals surface area contributed by atoms with Gasteiger partial charge in [-0.1, -0.05) is 23.7 Å². The lowest BCUT2D eigenvalue weighted by molar-refractivity contribution is 0.0929. The molecule has 0 saturated heterocycles. The lowest BCUT2D eigenvalue weighted by Crippen LogP contribution is -2.41. The van der Waals surface area contributed by atoms with E-state index in [9.17, 15) is 4.79 Å². The molecule has 3 rings (SSSR count). The number of hydrogen-bond acceptors (Lipinski definition) is 4.